The van der Waals surface area contributed by atoms with Gasteiger partial charge in [0, 0.05) is 0 Å². The fraction of sp³-hybridized carbons (Fsp3) is 0.900. The summed E-state index contributed by atoms with van der Waals surface area (Å²) in [7, 11) is 0. The van der Waals surface area contributed by atoms with Gasteiger partial charge in [-0.15, -0.1) is 0 Å². The molecule has 0 aromatic carbocycles. The first kappa shape index (κ1) is 9.56. The molecule has 1 unspecified atom stereocenters. The van der Waals surface area contributed by atoms with E-state index >= 15 is 0 Å². The molecule has 1 saturated carbocycles. The molecule has 1 aliphatic carbocycles. The second-order valence-electron chi connectivity index (χ2n) is 3.95. The third kappa shape index (κ3) is 2.23. The maximum atomic E-state index is 10.1. The first-order chi connectivity index (χ1) is 5.75. The molecule has 0 N–H and O–H groups in total. The van der Waals surface area contributed by atoms with Gasteiger partial charge in [-0.05, 0) is 24.7 Å². The van der Waals surface area contributed by atoms with Crippen LogP contribution in [-0.4, -0.2) is 12.6 Å². The van der Waals surface area contributed by atoms with Gasteiger partial charge in [0.2, 0.25) is 0 Å². The summed E-state index contributed by atoms with van der Waals surface area (Å²) in [6.07, 6.45) is 5.10. The van der Waals surface area contributed by atoms with Crippen molar-refractivity contribution in [3.63, 3.8) is 0 Å². The molecule has 0 aromatic heterocycles. The summed E-state index contributed by atoms with van der Waals surface area (Å²) in [5, 5.41) is 0. The molecule has 0 amide bonds. The fourth-order valence-electron chi connectivity index (χ4n) is 2.12. The van der Waals surface area contributed by atoms with Crippen LogP contribution in [-0.2, 0) is 9.53 Å². The highest BCUT2D eigenvalue weighted by Crippen LogP contribution is 2.32. The Hall–Kier alpha value is -0.530. The average Bonchev–Trinajstić information content (AvgIpc) is 2.51. The van der Waals surface area contributed by atoms with Gasteiger partial charge in [-0.3, -0.25) is 0 Å². The van der Waals surface area contributed by atoms with Crippen molar-refractivity contribution in [1.29, 1.82) is 0 Å². The van der Waals surface area contributed by atoms with Crippen LogP contribution in [0, 0.1) is 11.8 Å². The molecule has 2 nitrogen and oxygen atoms in total. The molecule has 0 saturated heterocycles. The van der Waals surface area contributed by atoms with Crippen molar-refractivity contribution in [3.8, 4) is 0 Å². The molecule has 1 fully saturated rings. The van der Waals surface area contributed by atoms with Crippen molar-refractivity contribution in [2.45, 2.75) is 45.6 Å². The van der Waals surface area contributed by atoms with Crippen LogP contribution in [0.4, 0.5) is 0 Å². The van der Waals surface area contributed by atoms with Crippen LogP contribution in [0.3, 0.4) is 0 Å². The third-order valence-corrected chi connectivity index (χ3v) is 2.71. The quantitative estimate of drug-likeness (QED) is 0.645. The number of hydrogen-bond acceptors (Lipinski definition) is 2. The van der Waals surface area contributed by atoms with Crippen molar-refractivity contribution in [1.82, 2.24) is 0 Å². The molecule has 12 heavy (non-hydrogen) atoms. The maximum absolute atomic E-state index is 10.1. The standard InChI is InChI=1S/C10H17O2/c1-8(2)10(12-7-11)9-5-3-4-6-9/h8-10H,3-6H2,1-2H3. The molecule has 1 radical (unpaired) electrons. The Morgan fingerprint density at radius 1 is 1.33 bits per heavy atom. The fourth-order valence-corrected chi connectivity index (χ4v) is 2.12. The Labute approximate surface area is 74.3 Å². The van der Waals surface area contributed by atoms with E-state index in [0.717, 1.165) is 0 Å². The lowest BCUT2D eigenvalue weighted by atomic mass is 9.92. The minimum absolute atomic E-state index is 0.102. The van der Waals surface area contributed by atoms with E-state index in [0.29, 0.717) is 11.8 Å². The predicted octanol–water partition coefficient (Wildman–Crippen LogP) is 2.29. The molecular formula is C10H17O2. The normalized spacial score (nSPS) is 21.2. The van der Waals surface area contributed by atoms with Gasteiger partial charge < -0.3 is 4.74 Å². The lowest BCUT2D eigenvalue weighted by Crippen LogP contribution is -2.27. The second kappa shape index (κ2) is 4.48. The summed E-state index contributed by atoms with van der Waals surface area (Å²) in [6, 6.07) is 0. The van der Waals surface area contributed by atoms with E-state index in [9.17, 15) is 4.79 Å². The smallest absolute Gasteiger partial charge is 0.417 e. The number of rotatable bonds is 4. The lowest BCUT2D eigenvalue weighted by Gasteiger charge is -2.24. The third-order valence-electron chi connectivity index (χ3n) is 2.71. The monoisotopic (exact) mass is 169 g/mol. The number of ether oxygens (including phenoxy) is 1. The highest BCUT2D eigenvalue weighted by Gasteiger charge is 2.28. The van der Waals surface area contributed by atoms with Crippen molar-refractivity contribution in [3.05, 3.63) is 0 Å². The Bertz CT molecular complexity index is 137. The summed E-state index contributed by atoms with van der Waals surface area (Å²) >= 11 is 0. The SMILES string of the molecule is CC(C)C(O[C]=O)C1CCCC1. The van der Waals surface area contributed by atoms with Gasteiger partial charge in [-0.1, -0.05) is 26.7 Å². The lowest BCUT2D eigenvalue weighted by molar-refractivity contribution is 0.0753. The summed E-state index contributed by atoms with van der Waals surface area (Å²) in [5.41, 5.74) is 0. The Kier molecular flexibility index (Phi) is 3.57. The van der Waals surface area contributed by atoms with Crippen LogP contribution < -0.4 is 0 Å². The Morgan fingerprint density at radius 3 is 2.33 bits per heavy atom. The zero-order chi connectivity index (χ0) is 8.97. The van der Waals surface area contributed by atoms with E-state index in [-0.39, 0.29) is 6.10 Å². The van der Waals surface area contributed by atoms with E-state index in [4.69, 9.17) is 4.74 Å². The number of carbonyl (C=O) groups excluding carboxylic acids is 1. The highest BCUT2D eigenvalue weighted by atomic mass is 16.5. The van der Waals surface area contributed by atoms with E-state index in [1.165, 1.54) is 25.7 Å². The van der Waals surface area contributed by atoms with Gasteiger partial charge in [-0.25, -0.2) is 4.79 Å². The zero-order valence-corrected chi connectivity index (χ0v) is 7.88. The summed E-state index contributed by atoms with van der Waals surface area (Å²) in [5.74, 6) is 1.01. The minimum atomic E-state index is 0.102. The molecule has 0 aromatic rings. The first-order valence-electron chi connectivity index (χ1n) is 4.78. The number of hydrogen-bond donors (Lipinski definition) is 0. The van der Waals surface area contributed by atoms with Crippen molar-refractivity contribution >= 4 is 6.47 Å². The topological polar surface area (TPSA) is 26.3 Å². The Balaban J connectivity index is 2.45. The van der Waals surface area contributed by atoms with Gasteiger partial charge in [0.05, 0.1) is 0 Å². The molecule has 1 rings (SSSR count). The van der Waals surface area contributed by atoms with Crippen LogP contribution >= 0.6 is 0 Å². The van der Waals surface area contributed by atoms with E-state index in [1.807, 2.05) is 0 Å². The zero-order valence-electron chi connectivity index (χ0n) is 7.88. The second-order valence-corrected chi connectivity index (χ2v) is 3.95. The van der Waals surface area contributed by atoms with Crippen LogP contribution in [0.5, 0.6) is 0 Å². The van der Waals surface area contributed by atoms with Crippen molar-refractivity contribution in [2.75, 3.05) is 0 Å². The van der Waals surface area contributed by atoms with Crippen LogP contribution in [0.25, 0.3) is 0 Å². The maximum Gasteiger partial charge on any atom is 0.417 e. The molecule has 0 aliphatic heterocycles. The van der Waals surface area contributed by atoms with Gasteiger partial charge in [-0.2, -0.15) is 0 Å². The minimum Gasteiger partial charge on any atom is -0.453 e. The van der Waals surface area contributed by atoms with Crippen LogP contribution in [0.15, 0.2) is 0 Å². The molecule has 1 atom stereocenters. The van der Waals surface area contributed by atoms with Gasteiger partial charge in [0.1, 0.15) is 6.10 Å². The summed E-state index contributed by atoms with van der Waals surface area (Å²) in [4.78, 5) is 10.1. The Morgan fingerprint density at radius 2 is 1.92 bits per heavy atom. The van der Waals surface area contributed by atoms with Gasteiger partial charge in [0.15, 0.2) is 0 Å². The van der Waals surface area contributed by atoms with E-state index < -0.39 is 0 Å². The first-order valence-corrected chi connectivity index (χ1v) is 4.78. The highest BCUT2D eigenvalue weighted by molar-refractivity contribution is 5.38. The molecule has 2 heteroatoms. The van der Waals surface area contributed by atoms with Gasteiger partial charge in [0.25, 0.3) is 0 Å². The molecule has 69 valence electrons. The predicted molar refractivity (Wildman–Crippen MR) is 47.4 cm³/mol. The summed E-state index contributed by atoms with van der Waals surface area (Å²) < 4.78 is 4.98. The largest absolute Gasteiger partial charge is 0.453 e. The summed E-state index contributed by atoms with van der Waals surface area (Å²) in [6.45, 7) is 5.77. The molecule has 0 heterocycles. The van der Waals surface area contributed by atoms with Crippen molar-refractivity contribution < 1.29 is 9.53 Å². The molecular weight excluding hydrogens is 152 g/mol. The van der Waals surface area contributed by atoms with Crippen LogP contribution in [0.1, 0.15) is 39.5 Å². The molecule has 0 spiro atoms. The molecule has 0 bridgehead atoms. The van der Waals surface area contributed by atoms with Crippen LogP contribution in [0.2, 0.25) is 0 Å². The van der Waals surface area contributed by atoms with E-state index in [1.54, 1.807) is 6.47 Å². The average molecular weight is 169 g/mol. The van der Waals surface area contributed by atoms with E-state index in [2.05, 4.69) is 13.8 Å². The van der Waals surface area contributed by atoms with Gasteiger partial charge >= 0.3 is 6.47 Å². The van der Waals surface area contributed by atoms with Crippen molar-refractivity contribution in [2.24, 2.45) is 11.8 Å². The molecule has 1 aliphatic rings.